The summed E-state index contributed by atoms with van der Waals surface area (Å²) in [5, 5.41) is 9.85. The molecule has 0 radical (unpaired) electrons. The first-order valence-corrected chi connectivity index (χ1v) is 8.93. The van der Waals surface area contributed by atoms with Crippen LogP contribution >= 0.6 is 15.9 Å². The van der Waals surface area contributed by atoms with E-state index in [-0.39, 0.29) is 4.90 Å². The van der Waals surface area contributed by atoms with Crippen LogP contribution in [0.4, 0.5) is 0 Å². The molecule has 0 amide bonds. The van der Waals surface area contributed by atoms with Crippen molar-refractivity contribution in [1.29, 1.82) is 0 Å². The second kappa shape index (κ2) is 6.58. The van der Waals surface area contributed by atoms with Gasteiger partial charge in [0.1, 0.15) is 0 Å². The molecule has 2 atom stereocenters. The highest BCUT2D eigenvalue weighted by Crippen LogP contribution is 2.35. The van der Waals surface area contributed by atoms with Gasteiger partial charge < -0.3 is 0 Å². The van der Waals surface area contributed by atoms with Gasteiger partial charge in [0.2, 0.25) is 0 Å². The van der Waals surface area contributed by atoms with Crippen molar-refractivity contribution in [2.45, 2.75) is 22.0 Å². The van der Waals surface area contributed by atoms with Crippen molar-refractivity contribution in [2.75, 3.05) is 0 Å². The third kappa shape index (κ3) is 3.36. The minimum Gasteiger partial charge on any atom is -0.263 e. The summed E-state index contributed by atoms with van der Waals surface area (Å²) in [6.45, 7) is 1.86. The highest BCUT2D eigenvalue weighted by molar-refractivity contribution is 9.09. The molecule has 0 heterocycles. The van der Waals surface area contributed by atoms with Gasteiger partial charge in [-0.15, -0.1) is 0 Å². The van der Waals surface area contributed by atoms with Gasteiger partial charge in [-0.05, 0) is 40.5 Å². The highest BCUT2D eigenvalue weighted by Gasteiger charge is 2.41. The lowest BCUT2D eigenvalue weighted by molar-refractivity contribution is -0.493. The molecule has 0 aromatic heterocycles. The number of nitro groups is 1. The van der Waals surface area contributed by atoms with E-state index in [9.17, 15) is 18.5 Å². The topological polar surface area (TPSA) is 77.3 Å². The third-order valence-electron chi connectivity index (χ3n) is 3.26. The zero-order chi connectivity index (χ0) is 16.3. The van der Waals surface area contributed by atoms with E-state index in [1.54, 1.807) is 42.5 Å². The molecule has 0 bridgehead atoms. The van der Waals surface area contributed by atoms with Gasteiger partial charge in [0.05, 0.1) is 4.90 Å². The first-order valence-electron chi connectivity index (χ1n) is 6.47. The lowest BCUT2D eigenvalue weighted by atomic mass is 10.1. The average Bonchev–Trinajstić information content (AvgIpc) is 2.50. The first-order chi connectivity index (χ1) is 10.3. The summed E-state index contributed by atoms with van der Waals surface area (Å²) < 4.78 is 25.7. The molecule has 2 aromatic rings. The number of hydrogen-bond donors (Lipinski definition) is 0. The highest BCUT2D eigenvalue weighted by atomic mass is 79.9. The van der Waals surface area contributed by atoms with E-state index in [1.807, 2.05) is 6.92 Å². The van der Waals surface area contributed by atoms with Crippen LogP contribution in [0.3, 0.4) is 0 Å². The van der Waals surface area contributed by atoms with E-state index in [2.05, 4.69) is 15.9 Å². The Balaban J connectivity index is 2.59. The quantitative estimate of drug-likeness (QED) is 0.342. The largest absolute Gasteiger partial charge is 0.286 e. The van der Waals surface area contributed by atoms with E-state index in [4.69, 9.17) is 0 Å². The first kappa shape index (κ1) is 16.6. The predicted octanol–water partition coefficient (Wildman–Crippen LogP) is 3.51. The van der Waals surface area contributed by atoms with E-state index < -0.39 is 25.0 Å². The molecule has 2 unspecified atom stereocenters. The Bertz CT molecular complexity index is 760. The van der Waals surface area contributed by atoms with Gasteiger partial charge in [0.15, 0.2) is 15.1 Å². The van der Waals surface area contributed by atoms with Gasteiger partial charge in [-0.25, -0.2) is 8.42 Å². The Morgan fingerprint density at radius 2 is 1.59 bits per heavy atom. The summed E-state index contributed by atoms with van der Waals surface area (Å²) in [5.74, 6) is 0. The van der Waals surface area contributed by atoms with Crippen LogP contribution in [0.1, 0.15) is 16.4 Å². The molecule has 0 spiro atoms. The van der Waals surface area contributed by atoms with Gasteiger partial charge in [-0.2, -0.15) is 0 Å². The van der Waals surface area contributed by atoms with Crippen molar-refractivity contribution in [2.24, 2.45) is 0 Å². The number of benzene rings is 2. The van der Waals surface area contributed by atoms with Crippen LogP contribution in [0, 0.1) is 17.0 Å². The number of sulfone groups is 1. The zero-order valence-corrected chi connectivity index (χ0v) is 14.1. The van der Waals surface area contributed by atoms with Gasteiger partial charge in [-0.3, -0.25) is 10.1 Å². The molecular formula is C15H14BrNO4S. The van der Waals surface area contributed by atoms with Crippen LogP contribution in [-0.4, -0.2) is 18.3 Å². The SMILES string of the molecule is Cc1ccc(C(C(Br)[N+](=O)[O-])S(=O)(=O)c2ccccc2)cc1. The maximum Gasteiger partial charge on any atom is 0.286 e. The molecule has 5 nitrogen and oxygen atoms in total. The number of hydrogen-bond acceptors (Lipinski definition) is 4. The van der Waals surface area contributed by atoms with Crippen molar-refractivity contribution in [3.05, 3.63) is 75.8 Å². The minimum atomic E-state index is -3.90. The molecule has 7 heteroatoms. The lowest BCUT2D eigenvalue weighted by Gasteiger charge is -2.18. The van der Waals surface area contributed by atoms with E-state index in [0.717, 1.165) is 5.56 Å². The summed E-state index contributed by atoms with van der Waals surface area (Å²) >= 11 is 2.92. The molecule has 0 aliphatic heterocycles. The standard InChI is InChI=1S/C15H14BrNO4S/c1-11-7-9-12(10-8-11)14(15(16)17(18)19)22(20,21)13-5-3-2-4-6-13/h2-10,14-15H,1H3. The zero-order valence-electron chi connectivity index (χ0n) is 11.7. The third-order valence-corrected chi connectivity index (χ3v) is 6.60. The Morgan fingerprint density at radius 3 is 2.09 bits per heavy atom. The maximum atomic E-state index is 12.8. The Hall–Kier alpha value is -1.73. The second-order valence-corrected chi connectivity index (χ2v) is 7.85. The fraction of sp³-hybridized carbons (Fsp3) is 0.200. The molecule has 0 aliphatic carbocycles. The molecule has 0 fully saturated rings. The van der Waals surface area contributed by atoms with Gasteiger partial charge >= 0.3 is 0 Å². The van der Waals surface area contributed by atoms with E-state index >= 15 is 0 Å². The van der Waals surface area contributed by atoms with Crippen molar-refractivity contribution in [3.63, 3.8) is 0 Å². The fourth-order valence-electron chi connectivity index (χ4n) is 2.11. The van der Waals surface area contributed by atoms with Crippen LogP contribution in [0.5, 0.6) is 0 Å². The summed E-state index contributed by atoms with van der Waals surface area (Å²) in [5.41, 5.74) is 1.33. The van der Waals surface area contributed by atoms with Gasteiger partial charge in [0, 0.05) is 4.92 Å². The summed E-state index contributed by atoms with van der Waals surface area (Å²) in [7, 11) is -3.90. The monoisotopic (exact) mass is 383 g/mol. The molecule has 2 aromatic carbocycles. The van der Waals surface area contributed by atoms with E-state index in [1.165, 1.54) is 12.1 Å². The molecule has 0 saturated heterocycles. The number of halogens is 1. The van der Waals surface area contributed by atoms with Crippen molar-refractivity contribution < 1.29 is 13.3 Å². The molecule has 0 aliphatic rings. The van der Waals surface area contributed by atoms with Crippen molar-refractivity contribution in [1.82, 2.24) is 0 Å². The van der Waals surface area contributed by atoms with Crippen LogP contribution in [0.25, 0.3) is 0 Å². The predicted molar refractivity (Wildman–Crippen MR) is 87.3 cm³/mol. The number of aryl methyl sites for hydroxylation is 1. The van der Waals surface area contributed by atoms with Crippen molar-refractivity contribution >= 4 is 25.8 Å². The number of rotatable bonds is 5. The van der Waals surface area contributed by atoms with E-state index in [0.29, 0.717) is 5.56 Å². The minimum absolute atomic E-state index is 0.0619. The number of nitrogens with zero attached hydrogens (tertiary/aromatic N) is 1. The van der Waals surface area contributed by atoms with Crippen LogP contribution in [-0.2, 0) is 9.84 Å². The summed E-state index contributed by atoms with van der Waals surface area (Å²) in [6.07, 6.45) is 0. The Labute approximate surface area is 137 Å². The Kier molecular flexibility index (Phi) is 4.97. The molecule has 116 valence electrons. The maximum absolute atomic E-state index is 12.8. The van der Waals surface area contributed by atoms with Gasteiger partial charge in [0.25, 0.3) is 4.95 Å². The molecule has 0 N–H and O–H groups in total. The van der Waals surface area contributed by atoms with Crippen molar-refractivity contribution in [3.8, 4) is 0 Å². The summed E-state index contributed by atoms with van der Waals surface area (Å²) in [6, 6.07) is 14.5. The van der Waals surface area contributed by atoms with Crippen LogP contribution in [0.2, 0.25) is 0 Å². The van der Waals surface area contributed by atoms with Crippen LogP contribution in [0.15, 0.2) is 59.5 Å². The lowest BCUT2D eigenvalue weighted by Crippen LogP contribution is -2.28. The molecule has 0 saturated carbocycles. The second-order valence-electron chi connectivity index (χ2n) is 4.85. The fourth-order valence-corrected chi connectivity index (χ4v) is 5.01. The smallest absolute Gasteiger partial charge is 0.263 e. The Morgan fingerprint density at radius 1 is 1.05 bits per heavy atom. The number of alkyl halides is 1. The molecule has 2 rings (SSSR count). The molecular weight excluding hydrogens is 370 g/mol. The summed E-state index contributed by atoms with van der Waals surface area (Å²) in [4.78, 5) is 9.15. The molecule has 22 heavy (non-hydrogen) atoms. The van der Waals surface area contributed by atoms with Gasteiger partial charge in [-0.1, -0.05) is 48.0 Å². The van der Waals surface area contributed by atoms with Crippen LogP contribution < -0.4 is 0 Å². The normalized spacial score (nSPS) is 14.3. The average molecular weight is 384 g/mol.